The number of benzene rings is 1. The SMILES string of the molecule is CCC(NC(=O)C1COCC1NC)c1cccc(Cl)c1. The van der Waals surface area contributed by atoms with Gasteiger partial charge in [-0.05, 0) is 31.2 Å². The quantitative estimate of drug-likeness (QED) is 0.875. The zero-order valence-electron chi connectivity index (χ0n) is 11.9. The number of rotatable bonds is 5. The summed E-state index contributed by atoms with van der Waals surface area (Å²) in [6.07, 6.45) is 0.823. The van der Waals surface area contributed by atoms with E-state index in [1.807, 2.05) is 38.2 Å². The van der Waals surface area contributed by atoms with Gasteiger partial charge in [0.15, 0.2) is 0 Å². The first kappa shape index (κ1) is 15.3. The summed E-state index contributed by atoms with van der Waals surface area (Å²) in [4.78, 5) is 12.4. The van der Waals surface area contributed by atoms with Crippen molar-refractivity contribution in [3.8, 4) is 0 Å². The van der Waals surface area contributed by atoms with Gasteiger partial charge in [-0.15, -0.1) is 0 Å². The fraction of sp³-hybridized carbons (Fsp3) is 0.533. The molecular weight excluding hydrogens is 276 g/mol. The molecule has 0 saturated carbocycles. The van der Waals surface area contributed by atoms with Crippen LogP contribution < -0.4 is 10.6 Å². The molecule has 0 bridgehead atoms. The number of carbonyl (C=O) groups excluding carboxylic acids is 1. The van der Waals surface area contributed by atoms with Crippen LogP contribution in [0, 0.1) is 5.92 Å². The molecule has 3 unspecified atom stereocenters. The molecule has 1 aromatic rings. The summed E-state index contributed by atoms with van der Waals surface area (Å²) in [5.74, 6) is -0.0955. The van der Waals surface area contributed by atoms with Gasteiger partial charge in [-0.3, -0.25) is 4.79 Å². The number of ether oxygens (including phenoxy) is 1. The molecule has 1 heterocycles. The van der Waals surface area contributed by atoms with Crippen LogP contribution in [0.15, 0.2) is 24.3 Å². The Labute approximate surface area is 124 Å². The van der Waals surface area contributed by atoms with Crippen molar-refractivity contribution < 1.29 is 9.53 Å². The first-order chi connectivity index (χ1) is 9.65. The smallest absolute Gasteiger partial charge is 0.227 e. The molecule has 2 rings (SSSR count). The van der Waals surface area contributed by atoms with E-state index in [9.17, 15) is 4.79 Å². The number of nitrogens with one attached hydrogen (secondary N) is 2. The fourth-order valence-corrected chi connectivity index (χ4v) is 2.72. The van der Waals surface area contributed by atoms with Gasteiger partial charge in [-0.2, -0.15) is 0 Å². The van der Waals surface area contributed by atoms with Crippen molar-refractivity contribution >= 4 is 17.5 Å². The van der Waals surface area contributed by atoms with Crippen LogP contribution >= 0.6 is 11.6 Å². The van der Waals surface area contributed by atoms with Gasteiger partial charge in [0.2, 0.25) is 5.91 Å². The molecule has 2 N–H and O–H groups in total. The minimum absolute atomic E-state index is 0.0145. The van der Waals surface area contributed by atoms with E-state index in [4.69, 9.17) is 16.3 Å². The minimum atomic E-state index is -0.131. The maximum atomic E-state index is 12.4. The zero-order chi connectivity index (χ0) is 14.5. The molecule has 4 nitrogen and oxygen atoms in total. The van der Waals surface area contributed by atoms with Crippen LogP contribution in [-0.4, -0.2) is 32.2 Å². The normalized spacial score (nSPS) is 23.6. The molecule has 1 aliphatic heterocycles. The largest absolute Gasteiger partial charge is 0.379 e. The molecule has 0 spiro atoms. The highest BCUT2D eigenvalue weighted by atomic mass is 35.5. The van der Waals surface area contributed by atoms with Gasteiger partial charge in [0, 0.05) is 11.1 Å². The van der Waals surface area contributed by atoms with Crippen LogP contribution in [0.2, 0.25) is 5.02 Å². The molecule has 1 fully saturated rings. The Morgan fingerprint density at radius 1 is 1.50 bits per heavy atom. The van der Waals surface area contributed by atoms with Crippen molar-refractivity contribution in [2.24, 2.45) is 5.92 Å². The Morgan fingerprint density at radius 2 is 2.30 bits per heavy atom. The molecule has 110 valence electrons. The van der Waals surface area contributed by atoms with E-state index in [0.29, 0.717) is 18.2 Å². The Kier molecular flexibility index (Phi) is 5.40. The van der Waals surface area contributed by atoms with E-state index in [-0.39, 0.29) is 23.9 Å². The predicted octanol–water partition coefficient (Wildman–Crippen LogP) is 2.14. The number of halogens is 1. The summed E-state index contributed by atoms with van der Waals surface area (Å²) in [6.45, 7) is 3.11. The molecule has 1 amide bonds. The van der Waals surface area contributed by atoms with Crippen molar-refractivity contribution in [3.63, 3.8) is 0 Å². The van der Waals surface area contributed by atoms with Crippen LogP contribution in [0.5, 0.6) is 0 Å². The number of hydrogen-bond donors (Lipinski definition) is 2. The van der Waals surface area contributed by atoms with E-state index < -0.39 is 0 Å². The van der Waals surface area contributed by atoms with Crippen LogP contribution in [0.3, 0.4) is 0 Å². The topological polar surface area (TPSA) is 50.4 Å². The number of amides is 1. The summed E-state index contributed by atoms with van der Waals surface area (Å²) in [5.41, 5.74) is 1.04. The molecule has 5 heteroatoms. The van der Waals surface area contributed by atoms with Crippen molar-refractivity contribution in [2.75, 3.05) is 20.3 Å². The van der Waals surface area contributed by atoms with Crippen LogP contribution in [0.25, 0.3) is 0 Å². The fourth-order valence-electron chi connectivity index (χ4n) is 2.52. The summed E-state index contributed by atoms with van der Waals surface area (Å²) >= 11 is 6.01. The lowest BCUT2D eigenvalue weighted by atomic mass is 10.00. The molecular formula is C15H21ClN2O2. The van der Waals surface area contributed by atoms with E-state index in [0.717, 1.165) is 12.0 Å². The average Bonchev–Trinajstić information content (AvgIpc) is 2.93. The van der Waals surface area contributed by atoms with Gasteiger partial charge in [-0.1, -0.05) is 30.7 Å². The lowest BCUT2D eigenvalue weighted by molar-refractivity contribution is -0.126. The molecule has 1 aliphatic rings. The number of likely N-dealkylation sites (N-methyl/N-ethyl adjacent to an activating group) is 1. The van der Waals surface area contributed by atoms with Crippen LogP contribution in [-0.2, 0) is 9.53 Å². The van der Waals surface area contributed by atoms with Gasteiger partial charge >= 0.3 is 0 Å². The van der Waals surface area contributed by atoms with Crippen molar-refractivity contribution in [1.82, 2.24) is 10.6 Å². The second-order valence-corrected chi connectivity index (χ2v) is 5.50. The number of carbonyl (C=O) groups is 1. The van der Waals surface area contributed by atoms with Crippen LogP contribution in [0.1, 0.15) is 24.9 Å². The van der Waals surface area contributed by atoms with Crippen molar-refractivity contribution in [2.45, 2.75) is 25.4 Å². The molecule has 1 saturated heterocycles. The summed E-state index contributed by atoms with van der Waals surface area (Å²) in [7, 11) is 1.86. The van der Waals surface area contributed by atoms with E-state index >= 15 is 0 Å². The predicted molar refractivity (Wildman–Crippen MR) is 79.8 cm³/mol. The van der Waals surface area contributed by atoms with E-state index in [2.05, 4.69) is 10.6 Å². The minimum Gasteiger partial charge on any atom is -0.379 e. The van der Waals surface area contributed by atoms with Crippen molar-refractivity contribution in [1.29, 1.82) is 0 Å². The maximum Gasteiger partial charge on any atom is 0.227 e. The molecule has 0 aliphatic carbocycles. The third-order valence-corrected chi connectivity index (χ3v) is 4.00. The molecule has 3 atom stereocenters. The lowest BCUT2D eigenvalue weighted by Crippen LogP contribution is -2.43. The second-order valence-electron chi connectivity index (χ2n) is 5.06. The maximum absolute atomic E-state index is 12.4. The first-order valence-corrected chi connectivity index (χ1v) is 7.34. The molecule has 0 radical (unpaired) electrons. The third kappa shape index (κ3) is 3.51. The summed E-state index contributed by atoms with van der Waals surface area (Å²) < 4.78 is 5.38. The van der Waals surface area contributed by atoms with Crippen LogP contribution in [0.4, 0.5) is 0 Å². The molecule has 1 aromatic carbocycles. The van der Waals surface area contributed by atoms with E-state index in [1.54, 1.807) is 0 Å². The second kappa shape index (κ2) is 7.07. The highest BCUT2D eigenvalue weighted by Gasteiger charge is 2.33. The monoisotopic (exact) mass is 296 g/mol. The standard InChI is InChI=1S/C15H21ClN2O2/c1-3-13(10-5-4-6-11(16)7-10)18-15(19)12-8-20-9-14(12)17-2/h4-7,12-14,17H,3,8-9H2,1-2H3,(H,18,19). The van der Waals surface area contributed by atoms with Gasteiger partial charge in [-0.25, -0.2) is 0 Å². The zero-order valence-corrected chi connectivity index (χ0v) is 12.6. The third-order valence-electron chi connectivity index (χ3n) is 3.76. The van der Waals surface area contributed by atoms with Gasteiger partial charge in [0.1, 0.15) is 0 Å². The summed E-state index contributed by atoms with van der Waals surface area (Å²) in [6, 6.07) is 7.70. The molecule has 20 heavy (non-hydrogen) atoms. The molecule has 0 aromatic heterocycles. The lowest BCUT2D eigenvalue weighted by Gasteiger charge is -2.22. The Balaban J connectivity index is 2.04. The van der Waals surface area contributed by atoms with Crippen molar-refractivity contribution in [3.05, 3.63) is 34.9 Å². The highest BCUT2D eigenvalue weighted by Crippen LogP contribution is 2.22. The van der Waals surface area contributed by atoms with Gasteiger partial charge in [0.05, 0.1) is 25.2 Å². The van der Waals surface area contributed by atoms with Gasteiger partial charge in [0.25, 0.3) is 0 Å². The van der Waals surface area contributed by atoms with E-state index in [1.165, 1.54) is 0 Å². The summed E-state index contributed by atoms with van der Waals surface area (Å²) in [5, 5.41) is 6.91. The van der Waals surface area contributed by atoms with Gasteiger partial charge < -0.3 is 15.4 Å². The number of hydrogen-bond acceptors (Lipinski definition) is 3. The average molecular weight is 297 g/mol. The Bertz CT molecular complexity index is 467. The highest BCUT2D eigenvalue weighted by molar-refractivity contribution is 6.30. The Hall–Kier alpha value is -1.10. The Morgan fingerprint density at radius 3 is 2.95 bits per heavy atom. The first-order valence-electron chi connectivity index (χ1n) is 6.96.